The average molecular weight is 311 g/mol. The Bertz CT molecular complexity index is 707. The molecule has 1 unspecified atom stereocenters. The van der Waals surface area contributed by atoms with Gasteiger partial charge in [0.2, 0.25) is 5.91 Å². The van der Waals surface area contributed by atoms with Gasteiger partial charge in [-0.3, -0.25) is 4.79 Å². The minimum Gasteiger partial charge on any atom is -0.326 e. The molecule has 0 radical (unpaired) electrons. The van der Waals surface area contributed by atoms with Gasteiger partial charge in [0.1, 0.15) is 5.82 Å². The zero-order valence-electron chi connectivity index (χ0n) is 12.8. The summed E-state index contributed by atoms with van der Waals surface area (Å²) in [6.45, 7) is 2.30. The van der Waals surface area contributed by atoms with E-state index in [2.05, 4.69) is 10.6 Å². The summed E-state index contributed by atoms with van der Waals surface area (Å²) in [6.07, 6.45) is 0.277. The van der Waals surface area contributed by atoms with E-state index in [9.17, 15) is 9.18 Å². The van der Waals surface area contributed by atoms with Crippen LogP contribution in [0.5, 0.6) is 0 Å². The summed E-state index contributed by atoms with van der Waals surface area (Å²) in [5.74, 6) is -0.391. The predicted molar refractivity (Wildman–Crippen MR) is 87.2 cm³/mol. The van der Waals surface area contributed by atoms with E-state index in [4.69, 9.17) is 5.26 Å². The van der Waals surface area contributed by atoms with Gasteiger partial charge in [-0.2, -0.15) is 5.26 Å². The molecule has 0 saturated heterocycles. The molecular weight excluding hydrogens is 293 g/mol. The molecule has 0 heterocycles. The Kier molecular flexibility index (Phi) is 5.84. The second-order valence-electron chi connectivity index (χ2n) is 5.18. The van der Waals surface area contributed by atoms with Crippen molar-refractivity contribution in [2.45, 2.75) is 19.4 Å². The van der Waals surface area contributed by atoms with Crippen molar-refractivity contribution in [3.05, 3.63) is 65.5 Å². The molecule has 0 bridgehead atoms. The van der Waals surface area contributed by atoms with E-state index in [0.29, 0.717) is 23.4 Å². The molecule has 0 aliphatic carbocycles. The highest BCUT2D eigenvalue weighted by molar-refractivity contribution is 5.90. The fourth-order valence-corrected chi connectivity index (χ4v) is 2.19. The van der Waals surface area contributed by atoms with Crippen LogP contribution in [0.15, 0.2) is 48.5 Å². The maximum atomic E-state index is 13.6. The van der Waals surface area contributed by atoms with Gasteiger partial charge in [-0.15, -0.1) is 0 Å². The number of rotatable bonds is 6. The van der Waals surface area contributed by atoms with Crippen LogP contribution in [0.25, 0.3) is 0 Å². The molecule has 2 rings (SSSR count). The third-order valence-electron chi connectivity index (χ3n) is 3.47. The maximum absolute atomic E-state index is 13.6. The molecule has 0 spiro atoms. The molecule has 0 aromatic heterocycles. The van der Waals surface area contributed by atoms with Crippen molar-refractivity contribution in [1.29, 1.82) is 5.26 Å². The number of hydrogen-bond donors (Lipinski definition) is 2. The summed E-state index contributed by atoms with van der Waals surface area (Å²) in [5.41, 5.74) is 1.78. The van der Waals surface area contributed by atoms with Crippen LogP contribution in [0.3, 0.4) is 0 Å². The van der Waals surface area contributed by atoms with Gasteiger partial charge >= 0.3 is 0 Å². The Labute approximate surface area is 134 Å². The second kappa shape index (κ2) is 8.06. The minimum absolute atomic E-state index is 0.136. The van der Waals surface area contributed by atoms with E-state index in [1.807, 2.05) is 13.0 Å². The summed E-state index contributed by atoms with van der Waals surface area (Å²) in [6, 6.07) is 15.1. The van der Waals surface area contributed by atoms with Crippen LogP contribution in [0.1, 0.15) is 30.5 Å². The molecule has 5 heteroatoms. The molecule has 1 atom stereocenters. The van der Waals surface area contributed by atoms with Gasteiger partial charge in [0.25, 0.3) is 0 Å². The summed E-state index contributed by atoms with van der Waals surface area (Å²) in [7, 11) is 0. The molecule has 2 aromatic rings. The van der Waals surface area contributed by atoms with Gasteiger partial charge in [0.15, 0.2) is 0 Å². The van der Waals surface area contributed by atoms with Crippen LogP contribution in [0, 0.1) is 17.1 Å². The number of halogens is 1. The molecule has 23 heavy (non-hydrogen) atoms. The van der Waals surface area contributed by atoms with E-state index < -0.39 is 0 Å². The number of anilines is 1. The fourth-order valence-electron chi connectivity index (χ4n) is 2.19. The Hall–Kier alpha value is -2.71. The number of hydrogen-bond acceptors (Lipinski definition) is 3. The highest BCUT2D eigenvalue weighted by atomic mass is 19.1. The number of benzene rings is 2. The smallest absolute Gasteiger partial charge is 0.225 e. The van der Waals surface area contributed by atoms with Crippen LogP contribution in [0.4, 0.5) is 10.1 Å². The van der Waals surface area contributed by atoms with Crippen LogP contribution >= 0.6 is 0 Å². The molecule has 118 valence electrons. The van der Waals surface area contributed by atoms with Crippen molar-refractivity contribution in [2.75, 3.05) is 11.9 Å². The van der Waals surface area contributed by atoms with E-state index >= 15 is 0 Å². The van der Waals surface area contributed by atoms with Gasteiger partial charge in [0.05, 0.1) is 11.6 Å². The molecular formula is C18H18FN3O. The Morgan fingerprint density at radius 3 is 2.57 bits per heavy atom. The number of nitrogens with one attached hydrogen (secondary N) is 2. The third kappa shape index (κ3) is 4.90. The first-order valence-corrected chi connectivity index (χ1v) is 7.38. The molecule has 2 N–H and O–H groups in total. The minimum atomic E-state index is -0.255. The van der Waals surface area contributed by atoms with Crippen LogP contribution < -0.4 is 10.6 Å². The van der Waals surface area contributed by atoms with Crippen molar-refractivity contribution in [3.8, 4) is 6.07 Å². The molecule has 4 nitrogen and oxygen atoms in total. The molecule has 0 aliphatic rings. The highest BCUT2D eigenvalue weighted by Crippen LogP contribution is 2.15. The van der Waals surface area contributed by atoms with Crippen LogP contribution in [-0.4, -0.2) is 12.5 Å². The summed E-state index contributed by atoms with van der Waals surface area (Å²) in [5, 5.41) is 14.6. The average Bonchev–Trinajstić information content (AvgIpc) is 2.56. The van der Waals surface area contributed by atoms with Gasteiger partial charge in [-0.05, 0) is 37.3 Å². The topological polar surface area (TPSA) is 64.9 Å². The standard InChI is InChI=1S/C18H18FN3O/c1-13(16-4-2-3-5-17(16)19)21-11-10-18(23)22-15-8-6-14(12-20)7-9-15/h2-9,13,21H,10-11H2,1H3,(H,22,23). The molecule has 2 aromatic carbocycles. The Balaban J connectivity index is 1.78. The lowest BCUT2D eigenvalue weighted by Gasteiger charge is -2.14. The largest absolute Gasteiger partial charge is 0.326 e. The lowest BCUT2D eigenvalue weighted by Crippen LogP contribution is -2.24. The van der Waals surface area contributed by atoms with E-state index in [-0.39, 0.29) is 24.2 Å². The highest BCUT2D eigenvalue weighted by Gasteiger charge is 2.10. The van der Waals surface area contributed by atoms with Crippen molar-refractivity contribution in [3.63, 3.8) is 0 Å². The van der Waals surface area contributed by atoms with Crippen molar-refractivity contribution < 1.29 is 9.18 Å². The number of amides is 1. The first-order valence-electron chi connectivity index (χ1n) is 7.38. The third-order valence-corrected chi connectivity index (χ3v) is 3.47. The van der Waals surface area contributed by atoms with Crippen molar-refractivity contribution in [1.82, 2.24) is 5.32 Å². The normalized spacial score (nSPS) is 11.5. The summed E-state index contributed by atoms with van der Waals surface area (Å²) >= 11 is 0. The van der Waals surface area contributed by atoms with E-state index in [0.717, 1.165) is 0 Å². The van der Waals surface area contributed by atoms with Gasteiger partial charge in [-0.25, -0.2) is 4.39 Å². The first kappa shape index (κ1) is 16.7. The van der Waals surface area contributed by atoms with Crippen LogP contribution in [-0.2, 0) is 4.79 Å². The monoisotopic (exact) mass is 311 g/mol. The zero-order chi connectivity index (χ0) is 16.7. The van der Waals surface area contributed by atoms with E-state index in [1.54, 1.807) is 42.5 Å². The van der Waals surface area contributed by atoms with Gasteiger partial charge in [-0.1, -0.05) is 18.2 Å². The number of carbonyl (C=O) groups is 1. The van der Waals surface area contributed by atoms with Gasteiger partial charge < -0.3 is 10.6 Å². The second-order valence-corrected chi connectivity index (χ2v) is 5.18. The van der Waals surface area contributed by atoms with Crippen molar-refractivity contribution in [2.24, 2.45) is 0 Å². The van der Waals surface area contributed by atoms with Gasteiger partial charge in [0, 0.05) is 30.3 Å². The lowest BCUT2D eigenvalue weighted by atomic mass is 10.1. The molecule has 1 amide bonds. The molecule has 0 saturated carbocycles. The fraction of sp³-hybridized carbons (Fsp3) is 0.222. The summed E-state index contributed by atoms with van der Waals surface area (Å²) < 4.78 is 13.6. The molecule has 0 aliphatic heterocycles. The Morgan fingerprint density at radius 2 is 1.91 bits per heavy atom. The maximum Gasteiger partial charge on any atom is 0.225 e. The molecule has 0 fully saturated rings. The predicted octanol–water partition coefficient (Wildman–Crippen LogP) is 3.38. The number of carbonyl (C=O) groups excluding carboxylic acids is 1. The lowest BCUT2D eigenvalue weighted by molar-refractivity contribution is -0.116. The SMILES string of the molecule is CC(NCCC(=O)Nc1ccc(C#N)cc1)c1ccccc1F. The Morgan fingerprint density at radius 1 is 1.22 bits per heavy atom. The van der Waals surface area contributed by atoms with Crippen LogP contribution in [0.2, 0.25) is 0 Å². The number of nitrogens with zero attached hydrogens (tertiary/aromatic N) is 1. The van der Waals surface area contributed by atoms with E-state index in [1.165, 1.54) is 6.07 Å². The quantitative estimate of drug-likeness (QED) is 0.859. The van der Waals surface area contributed by atoms with Crippen molar-refractivity contribution >= 4 is 11.6 Å². The number of nitriles is 1. The first-order chi connectivity index (χ1) is 11.1. The summed E-state index contributed by atoms with van der Waals surface area (Å²) in [4.78, 5) is 11.9. The zero-order valence-corrected chi connectivity index (χ0v) is 12.8.